The van der Waals surface area contributed by atoms with Crippen LogP contribution in [0.3, 0.4) is 0 Å². The first-order valence-electron chi connectivity index (χ1n) is 8.25. The molecule has 0 fully saturated rings. The van der Waals surface area contributed by atoms with Gasteiger partial charge in [0.25, 0.3) is 0 Å². The summed E-state index contributed by atoms with van der Waals surface area (Å²) < 4.78 is 18.3. The van der Waals surface area contributed by atoms with Gasteiger partial charge in [0.1, 0.15) is 5.75 Å². The molecule has 1 aromatic heterocycles. The van der Waals surface area contributed by atoms with E-state index in [1.165, 1.54) is 23.4 Å². The molecule has 0 radical (unpaired) electrons. The van der Waals surface area contributed by atoms with Gasteiger partial charge in [-0.1, -0.05) is 12.1 Å². The normalized spacial score (nSPS) is 10.5. The second-order valence-electron chi connectivity index (χ2n) is 5.80. The lowest BCUT2D eigenvalue weighted by atomic mass is 10.2. The third-order valence-electron chi connectivity index (χ3n) is 4.19. The average Bonchev–Trinajstić information content (AvgIpc) is 2.71. The molecule has 3 aromatic rings. The van der Waals surface area contributed by atoms with Crippen molar-refractivity contribution in [1.29, 1.82) is 0 Å². The zero-order valence-corrected chi connectivity index (χ0v) is 15.3. The summed E-state index contributed by atoms with van der Waals surface area (Å²) in [6.07, 6.45) is 3.14. The Kier molecular flexibility index (Phi) is 5.30. The van der Waals surface area contributed by atoms with E-state index in [9.17, 15) is 9.59 Å². The lowest BCUT2D eigenvalue weighted by Gasteiger charge is -2.12. The minimum atomic E-state index is -0.646. The number of rotatable bonds is 6. The fourth-order valence-electron chi connectivity index (χ4n) is 2.78. The van der Waals surface area contributed by atoms with E-state index in [-0.39, 0.29) is 6.54 Å². The van der Waals surface area contributed by atoms with Crippen molar-refractivity contribution in [3.8, 4) is 22.9 Å². The van der Waals surface area contributed by atoms with E-state index in [2.05, 4.69) is 0 Å². The van der Waals surface area contributed by atoms with Crippen molar-refractivity contribution >= 4 is 0 Å². The van der Waals surface area contributed by atoms with E-state index < -0.39 is 11.1 Å². The molecule has 2 aromatic carbocycles. The van der Waals surface area contributed by atoms with Crippen molar-refractivity contribution in [1.82, 2.24) is 9.13 Å². The van der Waals surface area contributed by atoms with Crippen LogP contribution in [0, 0.1) is 0 Å². The molecule has 0 unspecified atom stereocenters. The van der Waals surface area contributed by atoms with Gasteiger partial charge in [-0.25, -0.2) is 0 Å². The quantitative estimate of drug-likeness (QED) is 0.623. The highest BCUT2D eigenvalue weighted by molar-refractivity contribution is 5.48. The van der Waals surface area contributed by atoms with Gasteiger partial charge in [-0.05, 0) is 29.8 Å². The lowest BCUT2D eigenvalue weighted by molar-refractivity contribution is 0.355. The van der Waals surface area contributed by atoms with Crippen LogP contribution >= 0.6 is 0 Å². The number of benzene rings is 2. The summed E-state index contributed by atoms with van der Waals surface area (Å²) in [5, 5.41) is 0. The SMILES string of the molecule is COc1cccc(Cn2ccn(-c3ccc(OC)c(OC)c3)c(=O)c2=O)c1. The zero-order valence-electron chi connectivity index (χ0n) is 15.3. The number of hydrogen-bond donors (Lipinski definition) is 0. The molecule has 0 aliphatic carbocycles. The molecule has 1 heterocycles. The van der Waals surface area contributed by atoms with Gasteiger partial charge in [0, 0.05) is 18.5 Å². The molecule has 140 valence electrons. The van der Waals surface area contributed by atoms with Gasteiger partial charge in [-0.15, -0.1) is 0 Å². The Morgan fingerprint density at radius 2 is 1.59 bits per heavy atom. The molecule has 0 aliphatic rings. The Morgan fingerprint density at radius 1 is 0.815 bits per heavy atom. The summed E-state index contributed by atoms with van der Waals surface area (Å²) in [7, 11) is 4.62. The largest absolute Gasteiger partial charge is 0.497 e. The van der Waals surface area contributed by atoms with Crippen LogP contribution in [-0.2, 0) is 6.54 Å². The molecule has 0 amide bonds. The maximum atomic E-state index is 12.6. The number of methoxy groups -OCH3 is 3. The summed E-state index contributed by atoms with van der Waals surface area (Å²) >= 11 is 0. The van der Waals surface area contributed by atoms with Gasteiger partial charge in [0.05, 0.1) is 33.6 Å². The van der Waals surface area contributed by atoms with Crippen molar-refractivity contribution in [3.05, 3.63) is 81.1 Å². The van der Waals surface area contributed by atoms with Crippen LogP contribution in [0.4, 0.5) is 0 Å². The third-order valence-corrected chi connectivity index (χ3v) is 4.19. The summed E-state index contributed by atoms with van der Waals surface area (Å²) in [6.45, 7) is 0.276. The van der Waals surface area contributed by atoms with Crippen LogP contribution < -0.4 is 25.3 Å². The number of nitrogens with zero attached hydrogens (tertiary/aromatic N) is 2. The van der Waals surface area contributed by atoms with Crippen molar-refractivity contribution in [3.63, 3.8) is 0 Å². The molecule has 0 atom stereocenters. The van der Waals surface area contributed by atoms with E-state index in [1.807, 2.05) is 24.3 Å². The van der Waals surface area contributed by atoms with Gasteiger partial charge in [-0.3, -0.25) is 14.2 Å². The summed E-state index contributed by atoms with van der Waals surface area (Å²) in [6, 6.07) is 12.4. The molecule has 27 heavy (non-hydrogen) atoms. The summed E-state index contributed by atoms with van der Waals surface area (Å²) in [4.78, 5) is 25.1. The smallest absolute Gasteiger partial charge is 0.320 e. The predicted molar refractivity (Wildman–Crippen MR) is 101 cm³/mol. The number of ether oxygens (including phenoxy) is 3. The number of aromatic nitrogens is 2. The fraction of sp³-hybridized carbons (Fsp3) is 0.200. The highest BCUT2D eigenvalue weighted by Gasteiger charge is 2.11. The monoisotopic (exact) mass is 368 g/mol. The Hall–Kier alpha value is -3.48. The Labute approximate surface area is 156 Å². The molecule has 3 rings (SSSR count). The van der Waals surface area contributed by atoms with Gasteiger partial charge >= 0.3 is 11.1 Å². The van der Waals surface area contributed by atoms with Crippen molar-refractivity contribution in [2.24, 2.45) is 0 Å². The molecule has 0 bridgehead atoms. The molecule has 0 spiro atoms. The summed E-state index contributed by atoms with van der Waals surface area (Å²) in [5.74, 6) is 1.71. The molecule has 7 nitrogen and oxygen atoms in total. The predicted octanol–water partition coefficient (Wildman–Crippen LogP) is 2.07. The lowest BCUT2D eigenvalue weighted by Crippen LogP contribution is -2.40. The molecule has 0 saturated carbocycles. The maximum absolute atomic E-state index is 12.6. The highest BCUT2D eigenvalue weighted by Crippen LogP contribution is 2.28. The Balaban J connectivity index is 1.98. The second kappa shape index (κ2) is 7.82. The van der Waals surface area contributed by atoms with Gasteiger partial charge in [0.15, 0.2) is 11.5 Å². The molecule has 7 heteroatoms. The van der Waals surface area contributed by atoms with E-state index in [0.717, 1.165) is 5.56 Å². The minimum absolute atomic E-state index is 0.276. The van der Waals surface area contributed by atoms with Crippen LogP contribution in [0.1, 0.15) is 5.56 Å². The van der Waals surface area contributed by atoms with Crippen LogP contribution in [0.5, 0.6) is 17.2 Å². The highest BCUT2D eigenvalue weighted by atomic mass is 16.5. The number of hydrogen-bond acceptors (Lipinski definition) is 5. The minimum Gasteiger partial charge on any atom is -0.497 e. The standard InChI is InChI=1S/C20H20N2O5/c1-25-16-6-4-5-14(11-16)13-21-9-10-22(20(24)19(21)23)15-7-8-17(26-2)18(12-15)27-3/h4-12H,13H2,1-3H3. The van der Waals surface area contributed by atoms with E-state index in [4.69, 9.17) is 14.2 Å². The molecular weight excluding hydrogens is 348 g/mol. The molecular formula is C20H20N2O5. The first-order valence-corrected chi connectivity index (χ1v) is 8.25. The Morgan fingerprint density at radius 3 is 2.30 bits per heavy atom. The van der Waals surface area contributed by atoms with E-state index in [0.29, 0.717) is 22.9 Å². The zero-order chi connectivity index (χ0) is 19.4. The van der Waals surface area contributed by atoms with Crippen LogP contribution in [0.15, 0.2) is 64.4 Å². The molecule has 0 N–H and O–H groups in total. The maximum Gasteiger partial charge on any atom is 0.320 e. The van der Waals surface area contributed by atoms with E-state index >= 15 is 0 Å². The molecule has 0 aliphatic heterocycles. The van der Waals surface area contributed by atoms with Gasteiger partial charge in [-0.2, -0.15) is 0 Å². The van der Waals surface area contributed by atoms with E-state index in [1.54, 1.807) is 37.7 Å². The summed E-state index contributed by atoms with van der Waals surface area (Å²) in [5.41, 5.74) is 0.116. The third kappa shape index (κ3) is 3.72. The van der Waals surface area contributed by atoms with Crippen molar-refractivity contribution < 1.29 is 14.2 Å². The second-order valence-corrected chi connectivity index (χ2v) is 5.80. The first-order chi connectivity index (χ1) is 13.1. The van der Waals surface area contributed by atoms with Gasteiger partial charge < -0.3 is 18.8 Å². The average molecular weight is 368 g/mol. The Bertz CT molecular complexity index is 1070. The topological polar surface area (TPSA) is 71.7 Å². The van der Waals surface area contributed by atoms with Crippen molar-refractivity contribution in [2.45, 2.75) is 6.54 Å². The van der Waals surface area contributed by atoms with Gasteiger partial charge in [0.2, 0.25) is 0 Å². The first kappa shape index (κ1) is 18.3. The van der Waals surface area contributed by atoms with Crippen LogP contribution in [0.25, 0.3) is 5.69 Å². The van der Waals surface area contributed by atoms with Crippen LogP contribution in [-0.4, -0.2) is 30.5 Å². The molecule has 0 saturated heterocycles. The van der Waals surface area contributed by atoms with Crippen LogP contribution in [0.2, 0.25) is 0 Å². The fourth-order valence-corrected chi connectivity index (χ4v) is 2.78. The van der Waals surface area contributed by atoms with Crippen molar-refractivity contribution in [2.75, 3.05) is 21.3 Å².